The van der Waals surface area contributed by atoms with E-state index in [0.29, 0.717) is 22.2 Å². The van der Waals surface area contributed by atoms with Crippen molar-refractivity contribution in [1.29, 1.82) is 0 Å². The zero-order chi connectivity index (χ0) is 27.2. The predicted molar refractivity (Wildman–Crippen MR) is 133 cm³/mol. The highest BCUT2D eigenvalue weighted by molar-refractivity contribution is 6.30. The number of aromatic nitrogens is 4. The highest BCUT2D eigenvalue weighted by Crippen LogP contribution is 2.57. The van der Waals surface area contributed by atoms with Crippen molar-refractivity contribution in [3.8, 4) is 11.4 Å². The number of hydrogen-bond acceptors (Lipinski definition) is 7. The summed E-state index contributed by atoms with van der Waals surface area (Å²) in [7, 11) is 1.42. The first-order valence-corrected chi connectivity index (χ1v) is 13.1. The number of halogens is 5. The summed E-state index contributed by atoms with van der Waals surface area (Å²) in [5, 5.41) is 9.34. The maximum Gasteiger partial charge on any atom is 0.411 e. The number of alkyl halides is 3. The average molecular weight is 565 g/mol. The molecule has 8 nitrogen and oxygen atoms in total. The summed E-state index contributed by atoms with van der Waals surface area (Å²) in [5.41, 5.74) is -0.531. The van der Waals surface area contributed by atoms with E-state index in [2.05, 4.69) is 20.1 Å². The molecule has 39 heavy (non-hydrogen) atoms. The lowest BCUT2D eigenvalue weighted by molar-refractivity contribution is -0.310. The lowest BCUT2D eigenvalue weighted by atomic mass is 9.57. The minimum atomic E-state index is -4.46. The summed E-state index contributed by atoms with van der Waals surface area (Å²) in [6, 6.07) is 6.90. The molecule has 0 bridgehead atoms. The molecular weight excluding hydrogens is 540 g/mol. The molecule has 0 atom stereocenters. The van der Waals surface area contributed by atoms with Gasteiger partial charge in [0.1, 0.15) is 11.6 Å². The Labute approximate surface area is 226 Å². The molecule has 2 saturated heterocycles. The van der Waals surface area contributed by atoms with Crippen molar-refractivity contribution in [3.05, 3.63) is 58.5 Å². The molecule has 1 aromatic carbocycles. The van der Waals surface area contributed by atoms with E-state index in [1.807, 2.05) is 10.6 Å². The van der Waals surface area contributed by atoms with Gasteiger partial charge in [0.15, 0.2) is 22.9 Å². The molecule has 1 saturated carbocycles. The predicted octanol–water partition coefficient (Wildman–Crippen LogP) is 4.49. The van der Waals surface area contributed by atoms with Crippen molar-refractivity contribution in [2.75, 3.05) is 38.3 Å². The number of methoxy groups -OCH3 is 1. The van der Waals surface area contributed by atoms with Crippen LogP contribution in [-0.2, 0) is 17.8 Å². The summed E-state index contributed by atoms with van der Waals surface area (Å²) < 4.78 is 68.5. The third-order valence-electron chi connectivity index (χ3n) is 8.67. The molecule has 3 fully saturated rings. The summed E-state index contributed by atoms with van der Waals surface area (Å²) in [5.74, 6) is 1.67. The topological polar surface area (TPSA) is 68.5 Å². The molecule has 3 aliphatic heterocycles. The van der Waals surface area contributed by atoms with Gasteiger partial charge in [-0.1, -0.05) is 11.6 Å². The molecule has 1 aliphatic carbocycles. The molecule has 0 unspecified atom stereocenters. The van der Waals surface area contributed by atoms with E-state index in [1.165, 1.54) is 18.2 Å². The van der Waals surface area contributed by atoms with E-state index >= 15 is 0 Å². The van der Waals surface area contributed by atoms with E-state index in [0.717, 1.165) is 37.4 Å². The van der Waals surface area contributed by atoms with Gasteiger partial charge in [-0.05, 0) is 36.6 Å². The molecule has 13 heteroatoms. The molecule has 3 aromatic rings. The third-order valence-corrected chi connectivity index (χ3v) is 8.91. The summed E-state index contributed by atoms with van der Waals surface area (Å²) >= 11 is 6.28. The van der Waals surface area contributed by atoms with Crippen LogP contribution in [0.15, 0.2) is 30.5 Å². The Kier molecular flexibility index (Phi) is 5.47. The lowest BCUT2D eigenvalue weighted by Gasteiger charge is -2.59. The van der Waals surface area contributed by atoms with E-state index in [9.17, 15) is 17.6 Å². The fourth-order valence-electron chi connectivity index (χ4n) is 6.51. The zero-order valence-electron chi connectivity index (χ0n) is 21.0. The molecule has 0 amide bonds. The normalized spacial score (nSPS) is 21.8. The molecule has 0 radical (unpaired) electrons. The van der Waals surface area contributed by atoms with Gasteiger partial charge in [0, 0.05) is 42.1 Å². The van der Waals surface area contributed by atoms with Gasteiger partial charge in [0.25, 0.3) is 0 Å². The Morgan fingerprint density at radius 2 is 1.87 bits per heavy atom. The molecule has 206 valence electrons. The van der Waals surface area contributed by atoms with Crippen LogP contribution in [0.3, 0.4) is 0 Å². The number of pyridine rings is 1. The first-order chi connectivity index (χ1) is 18.6. The average Bonchev–Trinajstić information content (AvgIpc) is 3.12. The highest BCUT2D eigenvalue weighted by atomic mass is 35.5. The van der Waals surface area contributed by atoms with Gasteiger partial charge >= 0.3 is 6.18 Å². The monoisotopic (exact) mass is 564 g/mol. The van der Waals surface area contributed by atoms with Crippen molar-refractivity contribution in [2.24, 2.45) is 5.41 Å². The van der Waals surface area contributed by atoms with Crippen LogP contribution in [0.2, 0.25) is 5.02 Å². The lowest BCUT2D eigenvalue weighted by Crippen LogP contribution is -2.69. The molecule has 7 rings (SSSR count). The largest absolute Gasteiger partial charge is 0.493 e. The number of ether oxygens (including phenoxy) is 2. The molecule has 1 spiro atoms. The molecule has 5 heterocycles. The van der Waals surface area contributed by atoms with Gasteiger partial charge < -0.3 is 14.4 Å². The minimum absolute atomic E-state index is 0.00806. The van der Waals surface area contributed by atoms with Crippen molar-refractivity contribution in [3.63, 3.8) is 0 Å². The van der Waals surface area contributed by atoms with Crippen LogP contribution in [0.1, 0.15) is 36.0 Å². The van der Waals surface area contributed by atoms with Crippen LogP contribution < -0.4 is 9.64 Å². The van der Waals surface area contributed by atoms with Crippen LogP contribution in [0, 0.1) is 11.2 Å². The number of rotatable bonds is 4. The van der Waals surface area contributed by atoms with Gasteiger partial charge in [-0.2, -0.15) is 13.2 Å². The Morgan fingerprint density at radius 3 is 2.54 bits per heavy atom. The number of nitrogens with zero attached hydrogens (tertiary/aromatic N) is 6. The fourth-order valence-corrected chi connectivity index (χ4v) is 6.70. The summed E-state index contributed by atoms with van der Waals surface area (Å²) in [4.78, 5) is 7.69. The third kappa shape index (κ3) is 3.75. The van der Waals surface area contributed by atoms with Gasteiger partial charge in [0.2, 0.25) is 0 Å². The van der Waals surface area contributed by atoms with E-state index in [1.54, 1.807) is 18.2 Å². The van der Waals surface area contributed by atoms with Crippen LogP contribution >= 0.6 is 11.6 Å². The number of fused-ring (bicyclic) bond motifs is 3. The SMILES string of the molecule is COc1cc(N2CC3(CC(c4nnc5n4-c4ccc(Cl)cc4CN(C4(C(F)(F)F)COC4)C5)C3)C2)ncc1F. The quantitative estimate of drug-likeness (QED) is 0.432. The maximum absolute atomic E-state index is 14.2. The summed E-state index contributed by atoms with van der Waals surface area (Å²) in [6.07, 6.45) is -1.55. The second kappa shape index (κ2) is 8.52. The fraction of sp³-hybridized carbons (Fsp3) is 0.500. The Balaban J connectivity index is 1.15. The molecule has 4 aliphatic rings. The van der Waals surface area contributed by atoms with Crippen molar-refractivity contribution in [2.45, 2.75) is 43.6 Å². The van der Waals surface area contributed by atoms with Crippen molar-refractivity contribution in [1.82, 2.24) is 24.6 Å². The van der Waals surface area contributed by atoms with Gasteiger partial charge in [-0.3, -0.25) is 9.47 Å². The Bertz CT molecular complexity index is 1440. The first kappa shape index (κ1) is 25.0. The van der Waals surface area contributed by atoms with Crippen LogP contribution in [-0.4, -0.2) is 69.8 Å². The molecule has 0 N–H and O–H groups in total. The maximum atomic E-state index is 14.2. The standard InChI is InChI=1S/C26H25ClF4N6O2/c1-38-20-5-21(32-8-18(20)28)35-11-24(12-35)6-16(7-24)23-34-33-22-10-36(25(13-39-14-25)26(29,30)31)9-15-4-17(27)2-3-19(15)37(22)23/h2-5,8,16H,6-7,9-14H2,1H3. The van der Waals surface area contributed by atoms with Crippen LogP contribution in [0.5, 0.6) is 5.75 Å². The Morgan fingerprint density at radius 1 is 1.10 bits per heavy atom. The molecule has 2 aromatic heterocycles. The Hall–Kier alpha value is -2.96. The second-order valence-corrected chi connectivity index (χ2v) is 11.5. The second-order valence-electron chi connectivity index (χ2n) is 11.1. The molecular formula is C26H25ClF4N6O2. The van der Waals surface area contributed by atoms with Gasteiger partial charge in [0.05, 0.1) is 38.8 Å². The van der Waals surface area contributed by atoms with Crippen molar-refractivity contribution >= 4 is 17.4 Å². The summed E-state index contributed by atoms with van der Waals surface area (Å²) in [6.45, 7) is 0.791. The van der Waals surface area contributed by atoms with Crippen molar-refractivity contribution < 1.29 is 27.0 Å². The minimum Gasteiger partial charge on any atom is -0.493 e. The van der Waals surface area contributed by atoms with Crippen LogP contribution in [0.25, 0.3) is 5.69 Å². The first-order valence-electron chi connectivity index (χ1n) is 12.7. The zero-order valence-corrected chi connectivity index (χ0v) is 21.8. The van der Waals surface area contributed by atoms with Crippen LogP contribution in [0.4, 0.5) is 23.4 Å². The smallest absolute Gasteiger partial charge is 0.411 e. The van der Waals surface area contributed by atoms with E-state index in [-0.39, 0.29) is 30.2 Å². The number of benzene rings is 1. The van der Waals surface area contributed by atoms with Gasteiger partial charge in [-0.25, -0.2) is 9.37 Å². The number of anilines is 1. The van der Waals surface area contributed by atoms with E-state index in [4.69, 9.17) is 21.1 Å². The van der Waals surface area contributed by atoms with E-state index < -0.39 is 30.7 Å². The van der Waals surface area contributed by atoms with Gasteiger partial charge in [-0.15, -0.1) is 10.2 Å². The highest BCUT2D eigenvalue weighted by Gasteiger charge is 2.64. The number of hydrogen-bond donors (Lipinski definition) is 0.